The van der Waals surface area contributed by atoms with Crippen LogP contribution in [0.4, 0.5) is 4.39 Å². The van der Waals surface area contributed by atoms with Gasteiger partial charge < -0.3 is 4.57 Å². The van der Waals surface area contributed by atoms with Gasteiger partial charge in [-0.2, -0.15) is 0 Å². The Morgan fingerprint density at radius 2 is 2.19 bits per heavy atom. The lowest BCUT2D eigenvalue weighted by Gasteiger charge is -2.04. The van der Waals surface area contributed by atoms with Gasteiger partial charge in [0.1, 0.15) is 11.6 Å². The molecule has 0 amide bonds. The maximum Gasteiger partial charge on any atom is 0.128 e. The van der Waals surface area contributed by atoms with Crippen molar-refractivity contribution in [1.82, 2.24) is 9.55 Å². The molecule has 2 nitrogen and oxygen atoms in total. The summed E-state index contributed by atoms with van der Waals surface area (Å²) >= 11 is 5.73. The molecule has 16 heavy (non-hydrogen) atoms. The molecule has 86 valence electrons. The molecule has 0 unspecified atom stereocenters. The van der Waals surface area contributed by atoms with Gasteiger partial charge in [-0.05, 0) is 25.5 Å². The monoisotopic (exact) mass is 240 g/mol. The lowest BCUT2D eigenvalue weighted by Crippen LogP contribution is -2.02. The van der Waals surface area contributed by atoms with Crippen LogP contribution in [0.3, 0.4) is 0 Å². The fourth-order valence-corrected chi connectivity index (χ4v) is 2.10. The molecule has 0 aliphatic heterocycles. The molecule has 0 spiro atoms. The van der Waals surface area contributed by atoms with Crippen LogP contribution in [0.25, 0.3) is 11.0 Å². The molecule has 4 heteroatoms. The number of imidazole rings is 1. The fraction of sp³-hybridized carbons (Fsp3) is 0.417. The summed E-state index contributed by atoms with van der Waals surface area (Å²) in [7, 11) is 0. The van der Waals surface area contributed by atoms with E-state index in [0.717, 1.165) is 17.9 Å². The van der Waals surface area contributed by atoms with Gasteiger partial charge >= 0.3 is 0 Å². The van der Waals surface area contributed by atoms with Crippen molar-refractivity contribution < 1.29 is 4.39 Å². The molecular formula is C12H14ClFN2. The summed E-state index contributed by atoms with van der Waals surface area (Å²) in [6.07, 6.45) is 0.713. The number of benzene rings is 1. The van der Waals surface area contributed by atoms with Crippen molar-refractivity contribution in [3.8, 4) is 0 Å². The normalized spacial score (nSPS) is 11.2. The van der Waals surface area contributed by atoms with Crippen molar-refractivity contribution in [2.24, 2.45) is 0 Å². The third-order valence-electron chi connectivity index (χ3n) is 2.74. The van der Waals surface area contributed by atoms with Crippen LogP contribution in [0.1, 0.15) is 18.3 Å². The summed E-state index contributed by atoms with van der Waals surface area (Å²) in [5, 5.41) is 0. The Hall–Kier alpha value is -1.09. The average molecular weight is 241 g/mol. The Morgan fingerprint density at radius 1 is 1.44 bits per heavy atom. The lowest BCUT2D eigenvalue weighted by molar-refractivity contribution is 0.620. The zero-order valence-electron chi connectivity index (χ0n) is 9.43. The van der Waals surface area contributed by atoms with Gasteiger partial charge in [-0.3, -0.25) is 0 Å². The second kappa shape index (κ2) is 4.42. The van der Waals surface area contributed by atoms with Crippen molar-refractivity contribution >= 4 is 22.6 Å². The second-order valence-electron chi connectivity index (χ2n) is 3.80. The molecule has 2 rings (SSSR count). The number of nitrogens with zero attached hydrogens (tertiary/aromatic N) is 2. The summed E-state index contributed by atoms with van der Waals surface area (Å²) in [6, 6.07) is 3.34. The van der Waals surface area contributed by atoms with Crippen LogP contribution in [0.2, 0.25) is 0 Å². The molecule has 0 saturated heterocycles. The first-order valence-electron chi connectivity index (χ1n) is 5.38. The Kier molecular flexibility index (Phi) is 3.15. The number of alkyl halides is 1. The van der Waals surface area contributed by atoms with E-state index in [2.05, 4.69) is 16.5 Å². The number of aryl methyl sites for hydroxylation is 3. The first kappa shape index (κ1) is 11.4. The molecule has 2 aromatic rings. The maximum absolute atomic E-state index is 13.4. The van der Waals surface area contributed by atoms with Gasteiger partial charge in [0.05, 0.1) is 11.0 Å². The summed E-state index contributed by atoms with van der Waals surface area (Å²) in [4.78, 5) is 4.41. The molecule has 1 heterocycles. The minimum atomic E-state index is -0.203. The molecule has 1 aromatic heterocycles. The highest BCUT2D eigenvalue weighted by atomic mass is 35.5. The van der Waals surface area contributed by atoms with E-state index in [0.29, 0.717) is 23.4 Å². The third kappa shape index (κ3) is 1.80. The predicted molar refractivity (Wildman–Crippen MR) is 64.5 cm³/mol. The van der Waals surface area contributed by atoms with Crippen LogP contribution in [-0.2, 0) is 13.0 Å². The first-order valence-corrected chi connectivity index (χ1v) is 5.92. The highest BCUT2D eigenvalue weighted by Crippen LogP contribution is 2.20. The number of halogens is 2. The lowest BCUT2D eigenvalue weighted by atomic mass is 10.2. The standard InChI is InChI=1S/C12H14ClFN2/c1-3-16-11-6-8(2)9(14)7-10(11)15-12(16)4-5-13/h6-7H,3-5H2,1-2H3. The minimum absolute atomic E-state index is 0.203. The highest BCUT2D eigenvalue weighted by molar-refractivity contribution is 6.17. The number of aromatic nitrogens is 2. The van der Waals surface area contributed by atoms with Crippen molar-refractivity contribution in [3.63, 3.8) is 0 Å². The van der Waals surface area contributed by atoms with Crippen molar-refractivity contribution in [2.45, 2.75) is 26.8 Å². The summed E-state index contributed by atoms with van der Waals surface area (Å²) in [6.45, 7) is 4.65. The SMILES string of the molecule is CCn1c(CCCl)nc2cc(F)c(C)cc21. The number of rotatable bonds is 3. The Bertz CT molecular complexity index is 519. The zero-order valence-corrected chi connectivity index (χ0v) is 10.2. The molecule has 1 aromatic carbocycles. The molecule has 0 bridgehead atoms. The topological polar surface area (TPSA) is 17.8 Å². The molecule has 0 aliphatic rings. The molecule has 0 atom stereocenters. The number of hydrogen-bond donors (Lipinski definition) is 0. The summed E-state index contributed by atoms with van der Waals surface area (Å²) in [5.74, 6) is 1.26. The van der Waals surface area contributed by atoms with Crippen LogP contribution >= 0.6 is 11.6 Å². The van der Waals surface area contributed by atoms with E-state index < -0.39 is 0 Å². The van der Waals surface area contributed by atoms with Crippen molar-refractivity contribution in [2.75, 3.05) is 5.88 Å². The largest absolute Gasteiger partial charge is 0.328 e. The van der Waals surface area contributed by atoms with E-state index in [9.17, 15) is 4.39 Å². The van der Waals surface area contributed by atoms with Crippen LogP contribution in [0.15, 0.2) is 12.1 Å². The number of hydrogen-bond acceptors (Lipinski definition) is 1. The molecular weight excluding hydrogens is 227 g/mol. The molecule has 0 radical (unpaired) electrons. The Labute approximate surface area is 99.0 Å². The fourth-order valence-electron chi connectivity index (χ4n) is 1.93. The summed E-state index contributed by atoms with van der Waals surface area (Å²) < 4.78 is 15.5. The Morgan fingerprint density at radius 3 is 2.81 bits per heavy atom. The molecule has 0 fully saturated rings. The minimum Gasteiger partial charge on any atom is -0.328 e. The van der Waals surface area contributed by atoms with Crippen LogP contribution in [-0.4, -0.2) is 15.4 Å². The number of fused-ring (bicyclic) bond motifs is 1. The van der Waals surface area contributed by atoms with E-state index in [1.165, 1.54) is 6.07 Å². The Balaban J connectivity index is 2.67. The van der Waals surface area contributed by atoms with Gasteiger partial charge in [-0.15, -0.1) is 11.6 Å². The van der Waals surface area contributed by atoms with Crippen LogP contribution in [0.5, 0.6) is 0 Å². The molecule has 0 saturated carbocycles. The smallest absolute Gasteiger partial charge is 0.128 e. The third-order valence-corrected chi connectivity index (χ3v) is 2.93. The highest BCUT2D eigenvalue weighted by Gasteiger charge is 2.11. The van der Waals surface area contributed by atoms with Gasteiger partial charge in [-0.25, -0.2) is 9.37 Å². The van der Waals surface area contributed by atoms with Crippen molar-refractivity contribution in [1.29, 1.82) is 0 Å². The second-order valence-corrected chi connectivity index (χ2v) is 4.18. The zero-order chi connectivity index (χ0) is 11.7. The van der Waals surface area contributed by atoms with Gasteiger partial charge in [0, 0.05) is 24.9 Å². The molecule has 0 aliphatic carbocycles. The van der Waals surface area contributed by atoms with Crippen LogP contribution in [0, 0.1) is 12.7 Å². The van der Waals surface area contributed by atoms with Gasteiger partial charge in [0.25, 0.3) is 0 Å². The van der Waals surface area contributed by atoms with Gasteiger partial charge in [-0.1, -0.05) is 0 Å². The van der Waals surface area contributed by atoms with E-state index in [-0.39, 0.29) is 5.82 Å². The van der Waals surface area contributed by atoms with Crippen molar-refractivity contribution in [3.05, 3.63) is 29.3 Å². The summed E-state index contributed by atoms with van der Waals surface area (Å²) in [5.41, 5.74) is 2.35. The van der Waals surface area contributed by atoms with E-state index in [1.807, 2.05) is 6.07 Å². The average Bonchev–Trinajstić information content (AvgIpc) is 2.56. The molecule has 0 N–H and O–H groups in total. The van der Waals surface area contributed by atoms with E-state index >= 15 is 0 Å². The maximum atomic E-state index is 13.4. The quantitative estimate of drug-likeness (QED) is 0.753. The predicted octanol–water partition coefficient (Wildman–Crippen LogP) is 3.29. The van der Waals surface area contributed by atoms with E-state index in [1.54, 1.807) is 6.92 Å². The van der Waals surface area contributed by atoms with Crippen LogP contribution < -0.4 is 0 Å². The van der Waals surface area contributed by atoms with Gasteiger partial charge in [0.15, 0.2) is 0 Å². The first-order chi connectivity index (χ1) is 7.67. The van der Waals surface area contributed by atoms with Gasteiger partial charge in [0.2, 0.25) is 0 Å². The van der Waals surface area contributed by atoms with E-state index in [4.69, 9.17) is 11.6 Å².